The largest absolute Gasteiger partial charge is 0.306 e. The summed E-state index contributed by atoms with van der Waals surface area (Å²) < 4.78 is 3.88. The quantitative estimate of drug-likeness (QED) is 0.786. The fourth-order valence-electron chi connectivity index (χ4n) is 3.46. The second-order valence-corrected chi connectivity index (χ2v) is 6.55. The van der Waals surface area contributed by atoms with E-state index in [1.54, 1.807) is 0 Å². The van der Waals surface area contributed by atoms with E-state index >= 15 is 0 Å². The number of nitrogens with one attached hydrogen (secondary N) is 1. The van der Waals surface area contributed by atoms with Gasteiger partial charge >= 0.3 is 0 Å². The molecule has 5 heteroatoms. The summed E-state index contributed by atoms with van der Waals surface area (Å²) in [5.74, 6) is 0. The summed E-state index contributed by atoms with van der Waals surface area (Å²) in [6, 6.07) is 11.2. The van der Waals surface area contributed by atoms with Gasteiger partial charge in [0.05, 0.1) is 12.2 Å². The zero-order valence-electron chi connectivity index (χ0n) is 14.0. The van der Waals surface area contributed by atoms with Gasteiger partial charge in [-0.1, -0.05) is 24.3 Å². The van der Waals surface area contributed by atoms with Crippen molar-refractivity contribution in [2.75, 3.05) is 0 Å². The number of benzene rings is 1. The lowest BCUT2D eigenvalue weighted by Crippen LogP contribution is -2.24. The first-order valence-electron chi connectivity index (χ1n) is 8.59. The number of rotatable bonds is 5. The first-order chi connectivity index (χ1) is 11.8. The van der Waals surface area contributed by atoms with Gasteiger partial charge in [-0.25, -0.2) is 0 Å². The number of fused-ring (bicyclic) bond motifs is 1. The van der Waals surface area contributed by atoms with Gasteiger partial charge in [0, 0.05) is 43.8 Å². The Kier molecular flexibility index (Phi) is 4.17. The van der Waals surface area contributed by atoms with Crippen LogP contribution < -0.4 is 5.32 Å². The van der Waals surface area contributed by atoms with Crippen LogP contribution in [-0.4, -0.2) is 19.6 Å². The van der Waals surface area contributed by atoms with E-state index in [2.05, 4.69) is 46.0 Å². The van der Waals surface area contributed by atoms with Crippen molar-refractivity contribution in [1.82, 2.24) is 24.9 Å². The summed E-state index contributed by atoms with van der Waals surface area (Å²) in [6.45, 7) is 1.71. The van der Waals surface area contributed by atoms with E-state index in [0.717, 1.165) is 19.5 Å². The van der Waals surface area contributed by atoms with Crippen molar-refractivity contribution in [3.63, 3.8) is 0 Å². The summed E-state index contributed by atoms with van der Waals surface area (Å²) >= 11 is 0. The fraction of sp³-hybridized carbons (Fsp3) is 0.368. The molecule has 1 unspecified atom stereocenters. The van der Waals surface area contributed by atoms with Crippen molar-refractivity contribution in [2.45, 2.75) is 38.4 Å². The van der Waals surface area contributed by atoms with E-state index in [0.29, 0.717) is 6.04 Å². The van der Waals surface area contributed by atoms with Crippen LogP contribution in [-0.2, 0) is 26.6 Å². The number of aryl methyl sites for hydroxylation is 2. The second kappa shape index (κ2) is 6.61. The maximum Gasteiger partial charge on any atom is 0.0672 e. The molecule has 1 aliphatic rings. The van der Waals surface area contributed by atoms with Gasteiger partial charge in [0.25, 0.3) is 0 Å². The molecule has 4 rings (SSSR count). The SMILES string of the molecule is Cn1cc2c(n1)CCCC2NCc1ccc(Cn2cccn2)cc1. The van der Waals surface area contributed by atoms with Crippen molar-refractivity contribution < 1.29 is 0 Å². The Morgan fingerprint density at radius 1 is 1.21 bits per heavy atom. The van der Waals surface area contributed by atoms with Gasteiger partial charge in [-0.2, -0.15) is 10.2 Å². The highest BCUT2D eigenvalue weighted by Crippen LogP contribution is 2.28. The summed E-state index contributed by atoms with van der Waals surface area (Å²) in [5, 5.41) is 12.5. The minimum absolute atomic E-state index is 0.422. The molecule has 0 spiro atoms. The van der Waals surface area contributed by atoms with Crippen LogP contribution in [0, 0.1) is 0 Å². The normalized spacial score (nSPS) is 17.0. The molecule has 1 atom stereocenters. The number of hydrogen-bond donors (Lipinski definition) is 1. The highest BCUT2D eigenvalue weighted by Gasteiger charge is 2.22. The third-order valence-corrected chi connectivity index (χ3v) is 4.70. The number of hydrogen-bond acceptors (Lipinski definition) is 3. The molecular formula is C19H23N5. The Hall–Kier alpha value is -2.40. The molecule has 124 valence electrons. The molecular weight excluding hydrogens is 298 g/mol. The minimum Gasteiger partial charge on any atom is -0.306 e. The van der Waals surface area contributed by atoms with E-state index in [1.165, 1.54) is 35.2 Å². The molecule has 1 N–H and O–H groups in total. The Balaban J connectivity index is 1.38. The van der Waals surface area contributed by atoms with Gasteiger partial charge in [0.15, 0.2) is 0 Å². The predicted molar refractivity (Wildman–Crippen MR) is 93.5 cm³/mol. The van der Waals surface area contributed by atoms with E-state index in [1.807, 2.05) is 34.9 Å². The van der Waals surface area contributed by atoms with Crippen molar-refractivity contribution >= 4 is 0 Å². The van der Waals surface area contributed by atoms with Crippen LogP contribution in [0.5, 0.6) is 0 Å². The molecule has 1 aliphatic carbocycles. The lowest BCUT2D eigenvalue weighted by Gasteiger charge is -2.22. The van der Waals surface area contributed by atoms with E-state index < -0.39 is 0 Å². The molecule has 0 fully saturated rings. The molecule has 2 aromatic heterocycles. The van der Waals surface area contributed by atoms with Crippen LogP contribution in [0.15, 0.2) is 48.9 Å². The molecule has 0 saturated heterocycles. The van der Waals surface area contributed by atoms with E-state index in [9.17, 15) is 0 Å². The van der Waals surface area contributed by atoms with Crippen LogP contribution >= 0.6 is 0 Å². The smallest absolute Gasteiger partial charge is 0.0672 e. The van der Waals surface area contributed by atoms with Crippen LogP contribution in [0.3, 0.4) is 0 Å². The van der Waals surface area contributed by atoms with Gasteiger partial charge in [-0.15, -0.1) is 0 Å². The molecule has 5 nitrogen and oxygen atoms in total. The summed E-state index contributed by atoms with van der Waals surface area (Å²) in [5.41, 5.74) is 5.22. The third-order valence-electron chi connectivity index (χ3n) is 4.70. The first-order valence-corrected chi connectivity index (χ1v) is 8.59. The van der Waals surface area contributed by atoms with Gasteiger partial charge in [0.1, 0.15) is 0 Å². The molecule has 0 amide bonds. The molecule has 1 aromatic carbocycles. The topological polar surface area (TPSA) is 47.7 Å². The third kappa shape index (κ3) is 3.26. The summed E-state index contributed by atoms with van der Waals surface area (Å²) in [6.07, 6.45) is 9.48. The Labute approximate surface area is 142 Å². The second-order valence-electron chi connectivity index (χ2n) is 6.55. The highest BCUT2D eigenvalue weighted by molar-refractivity contribution is 5.26. The zero-order chi connectivity index (χ0) is 16.4. The Morgan fingerprint density at radius 3 is 2.83 bits per heavy atom. The fourth-order valence-corrected chi connectivity index (χ4v) is 3.46. The molecule has 3 aromatic rings. The van der Waals surface area contributed by atoms with Gasteiger partial charge in [0.2, 0.25) is 0 Å². The lowest BCUT2D eigenvalue weighted by molar-refractivity contribution is 0.457. The number of nitrogens with zero attached hydrogens (tertiary/aromatic N) is 4. The average Bonchev–Trinajstić information content (AvgIpc) is 3.22. The van der Waals surface area contributed by atoms with Gasteiger partial charge in [-0.3, -0.25) is 9.36 Å². The van der Waals surface area contributed by atoms with E-state index in [4.69, 9.17) is 0 Å². The summed E-state index contributed by atoms with van der Waals surface area (Å²) in [4.78, 5) is 0. The van der Waals surface area contributed by atoms with Crippen LogP contribution in [0.1, 0.15) is 41.3 Å². The van der Waals surface area contributed by atoms with Gasteiger partial charge in [-0.05, 0) is 36.5 Å². The molecule has 24 heavy (non-hydrogen) atoms. The Bertz CT molecular complexity index is 786. The van der Waals surface area contributed by atoms with Crippen LogP contribution in [0.25, 0.3) is 0 Å². The van der Waals surface area contributed by atoms with Crippen molar-refractivity contribution in [1.29, 1.82) is 0 Å². The number of aromatic nitrogens is 4. The van der Waals surface area contributed by atoms with Crippen LogP contribution in [0.2, 0.25) is 0 Å². The maximum absolute atomic E-state index is 4.57. The van der Waals surface area contributed by atoms with Crippen molar-refractivity contribution in [3.05, 3.63) is 71.3 Å². The van der Waals surface area contributed by atoms with Crippen molar-refractivity contribution in [2.24, 2.45) is 7.05 Å². The van der Waals surface area contributed by atoms with Crippen LogP contribution in [0.4, 0.5) is 0 Å². The maximum atomic E-state index is 4.57. The summed E-state index contributed by atoms with van der Waals surface area (Å²) in [7, 11) is 2.01. The predicted octanol–water partition coefficient (Wildman–Crippen LogP) is 2.83. The highest BCUT2D eigenvalue weighted by atomic mass is 15.3. The zero-order valence-corrected chi connectivity index (χ0v) is 14.0. The first kappa shape index (κ1) is 15.1. The standard InChI is InChI=1S/C19H23N5/c1-23-14-17-18(4-2-5-19(17)22-23)20-12-15-6-8-16(9-7-15)13-24-11-3-10-21-24/h3,6-11,14,18,20H,2,4-5,12-13H2,1H3. The molecule has 2 heterocycles. The molecule has 0 saturated carbocycles. The molecule has 0 aliphatic heterocycles. The molecule has 0 bridgehead atoms. The van der Waals surface area contributed by atoms with E-state index in [-0.39, 0.29) is 0 Å². The lowest BCUT2D eigenvalue weighted by atomic mass is 9.93. The average molecular weight is 321 g/mol. The van der Waals surface area contributed by atoms with Gasteiger partial charge < -0.3 is 5.32 Å². The Morgan fingerprint density at radius 2 is 2.04 bits per heavy atom. The van der Waals surface area contributed by atoms with Crippen molar-refractivity contribution in [3.8, 4) is 0 Å². The molecule has 0 radical (unpaired) electrons. The monoisotopic (exact) mass is 321 g/mol. The minimum atomic E-state index is 0.422.